The Morgan fingerprint density at radius 3 is 2.52 bits per heavy atom. The molecule has 4 heterocycles. The molecule has 8 rings (SSSR count). The summed E-state index contributed by atoms with van der Waals surface area (Å²) in [7, 11) is 0.500. The molecule has 58 heavy (non-hydrogen) atoms. The van der Waals surface area contributed by atoms with Gasteiger partial charge in [-0.05, 0) is 89.3 Å². The number of aromatic nitrogens is 3. The predicted octanol–water partition coefficient (Wildman–Crippen LogP) is 10.2. The quantitative estimate of drug-likeness (QED) is 0.122. The summed E-state index contributed by atoms with van der Waals surface area (Å²) in [6, 6.07) is 16.2. The Morgan fingerprint density at radius 2 is 1.76 bits per heavy atom. The van der Waals surface area contributed by atoms with Gasteiger partial charge in [0.25, 0.3) is 6.01 Å². The normalized spacial score (nSPS) is 26.0. The van der Waals surface area contributed by atoms with Crippen molar-refractivity contribution in [3.8, 4) is 16.6 Å². The number of thiazole rings is 1. The first-order valence-electron chi connectivity index (χ1n) is 21.5. The Hall–Kier alpha value is -4.38. The van der Waals surface area contributed by atoms with Crippen molar-refractivity contribution in [3.63, 3.8) is 0 Å². The van der Waals surface area contributed by atoms with Crippen LogP contribution in [0.25, 0.3) is 21.6 Å². The van der Waals surface area contributed by atoms with Gasteiger partial charge in [-0.25, -0.2) is 4.98 Å². The van der Waals surface area contributed by atoms with Gasteiger partial charge in [-0.1, -0.05) is 74.2 Å². The van der Waals surface area contributed by atoms with Crippen molar-refractivity contribution < 1.29 is 28.2 Å². The number of esters is 1. The third kappa shape index (κ3) is 8.80. The van der Waals surface area contributed by atoms with Gasteiger partial charge in [0.05, 0.1) is 43.0 Å². The molecule has 0 radical (unpaired) electrons. The summed E-state index contributed by atoms with van der Waals surface area (Å²) in [6.07, 6.45) is 15.0. The van der Waals surface area contributed by atoms with Crippen LogP contribution in [0.3, 0.4) is 0 Å². The number of para-hydroxylation sites is 1. The molecule has 3 fully saturated rings. The zero-order chi connectivity index (χ0) is 40.8. The lowest BCUT2D eigenvalue weighted by molar-refractivity contribution is -0.152. The van der Waals surface area contributed by atoms with Gasteiger partial charge in [-0.15, -0.1) is 11.3 Å². The van der Waals surface area contributed by atoms with E-state index in [1.807, 2.05) is 18.2 Å². The fourth-order valence-corrected chi connectivity index (χ4v) is 10.5. The van der Waals surface area contributed by atoms with Crippen molar-refractivity contribution in [2.45, 2.75) is 128 Å². The molecule has 1 saturated heterocycles. The van der Waals surface area contributed by atoms with E-state index in [4.69, 9.17) is 19.4 Å². The summed E-state index contributed by atoms with van der Waals surface area (Å²) in [4.78, 5) is 55.0. The van der Waals surface area contributed by atoms with E-state index in [9.17, 15) is 18.8 Å². The van der Waals surface area contributed by atoms with Crippen molar-refractivity contribution >= 4 is 40.0 Å². The van der Waals surface area contributed by atoms with Crippen LogP contribution in [0.2, 0.25) is 0 Å². The second-order valence-corrected chi connectivity index (χ2v) is 17.7. The molecule has 0 N–H and O–H groups in total. The number of carbonyl (C=O) groups excluding carboxylic acids is 3. The molecule has 310 valence electrons. The van der Waals surface area contributed by atoms with E-state index in [1.165, 1.54) is 31.4 Å². The number of imidazole rings is 1. The van der Waals surface area contributed by atoms with Crippen LogP contribution in [0.5, 0.6) is 6.01 Å². The first-order valence-corrected chi connectivity index (χ1v) is 22.4. The number of halogens is 1. The number of ketones is 1. The van der Waals surface area contributed by atoms with Gasteiger partial charge in [0.2, 0.25) is 5.91 Å². The molecule has 2 aromatic heterocycles. The van der Waals surface area contributed by atoms with E-state index in [-0.39, 0.29) is 55.1 Å². The highest BCUT2D eigenvalue weighted by Crippen LogP contribution is 2.58. The van der Waals surface area contributed by atoms with Crippen molar-refractivity contribution in [1.82, 2.24) is 19.4 Å². The number of benzene rings is 2. The van der Waals surface area contributed by atoms with Crippen molar-refractivity contribution in [3.05, 3.63) is 77.3 Å². The molecule has 4 aliphatic rings. The Balaban J connectivity index is 0.00000252. The Kier molecular flexibility index (Phi) is 13.5. The second kappa shape index (κ2) is 18.7. The minimum absolute atomic E-state index is 0.00897. The maximum Gasteiger partial charge on any atom is 0.313 e. The summed E-state index contributed by atoms with van der Waals surface area (Å²) in [5, 5.41) is 3.18. The minimum Gasteiger partial charge on any atom is -0.466 e. The highest BCUT2D eigenvalue weighted by molar-refractivity contribution is 7.13. The number of rotatable bonds is 9. The molecular weight excluding hydrogens is 752 g/mol. The molecule has 2 aromatic carbocycles. The molecule has 11 heteroatoms. The van der Waals surface area contributed by atoms with E-state index >= 15 is 0 Å². The predicted molar refractivity (Wildman–Crippen MR) is 227 cm³/mol. The SMILES string of the molecule is CCOC(=O)[C@]12CC(=O)[C@@H]3C[C@@H](Oc4nc5c(-c6nc(C7CCCC7)cs6)cccc5n4C(C)C)CN3C(=O)[C@@H](Cc3ccccc3)CCCCC/C=C\[C@@H]1C2.CF. The number of ether oxygens (including phenoxy) is 2. The van der Waals surface area contributed by atoms with Gasteiger partial charge in [-0.2, -0.15) is 4.98 Å². The highest BCUT2D eigenvalue weighted by atomic mass is 32.1. The number of alkyl halides is 1. The van der Waals surface area contributed by atoms with Crippen molar-refractivity contribution in [2.24, 2.45) is 17.3 Å². The molecule has 4 aromatic rings. The van der Waals surface area contributed by atoms with Gasteiger partial charge < -0.3 is 14.4 Å². The largest absolute Gasteiger partial charge is 0.466 e. The van der Waals surface area contributed by atoms with E-state index in [2.05, 4.69) is 66.3 Å². The molecule has 9 nitrogen and oxygen atoms in total. The number of hydrogen-bond donors (Lipinski definition) is 0. The van der Waals surface area contributed by atoms with Gasteiger partial charge >= 0.3 is 5.97 Å². The number of hydrogen-bond acceptors (Lipinski definition) is 8. The Bertz CT molecular complexity index is 2070. The number of carbonyl (C=O) groups is 3. The maximum atomic E-state index is 14.8. The van der Waals surface area contributed by atoms with Gasteiger partial charge in [0.15, 0.2) is 5.78 Å². The number of nitrogens with zero attached hydrogens (tertiary/aromatic N) is 4. The van der Waals surface area contributed by atoms with Crippen LogP contribution in [0.1, 0.15) is 121 Å². The topological polar surface area (TPSA) is 104 Å². The monoisotopic (exact) mass is 810 g/mol. The molecule has 0 spiro atoms. The molecule has 0 bridgehead atoms. The van der Waals surface area contributed by atoms with Crippen LogP contribution < -0.4 is 4.74 Å². The van der Waals surface area contributed by atoms with E-state index in [0.29, 0.717) is 38.4 Å². The summed E-state index contributed by atoms with van der Waals surface area (Å²) < 4.78 is 24.0. The maximum absolute atomic E-state index is 14.8. The summed E-state index contributed by atoms with van der Waals surface area (Å²) in [5.41, 5.74) is 4.22. The zero-order valence-corrected chi connectivity index (χ0v) is 35.4. The molecule has 2 aliphatic heterocycles. The van der Waals surface area contributed by atoms with Crippen LogP contribution in [0, 0.1) is 17.3 Å². The number of amides is 1. The summed E-state index contributed by atoms with van der Waals surface area (Å²) >= 11 is 1.68. The molecular formula is C47H59FN4O5S. The Labute approximate surface area is 346 Å². The summed E-state index contributed by atoms with van der Waals surface area (Å²) in [5.74, 6) is -0.182. The van der Waals surface area contributed by atoms with Gasteiger partial charge in [0.1, 0.15) is 16.6 Å². The van der Waals surface area contributed by atoms with Crippen LogP contribution in [0.15, 0.2) is 66.1 Å². The molecule has 5 atom stereocenters. The molecule has 2 saturated carbocycles. The summed E-state index contributed by atoms with van der Waals surface area (Å²) in [6.45, 7) is 6.59. The van der Waals surface area contributed by atoms with Crippen LogP contribution in [-0.4, -0.2) is 69.6 Å². The smallest absolute Gasteiger partial charge is 0.313 e. The standard InChI is InChI=1S/C46H56N4O5S.CH3F/c1-4-54-44(53)46-26-34(46)21-12-7-5-6-11-20-33(24-31-16-9-8-10-17-31)43(52)49-28-35(25-39(49)40(51)27-46)55-45-48-41-36(22-15-23-38(41)50(45)30(2)3)42-47-37(29-56-42)32-18-13-14-19-32;1-2/h8-10,12,15-17,21-23,29-30,32-35,39H,4-7,11,13-14,18-20,24-28H2,1-3H3;1H3/b21-12-;/t33-,34-,35-,39+,46-;/m1./s1. The number of Topliss-reactive ketones (excluding diaryl/α,β-unsaturated/α-hetero) is 1. The fourth-order valence-electron chi connectivity index (χ4n) is 9.59. The first-order chi connectivity index (χ1) is 28.3. The second-order valence-electron chi connectivity index (χ2n) is 16.9. The van der Waals surface area contributed by atoms with Gasteiger partial charge in [-0.3, -0.25) is 23.3 Å². The molecule has 0 unspecified atom stereocenters. The van der Waals surface area contributed by atoms with Gasteiger partial charge in [0, 0.05) is 41.7 Å². The van der Waals surface area contributed by atoms with E-state index in [0.717, 1.165) is 59.3 Å². The third-order valence-corrected chi connectivity index (χ3v) is 13.6. The number of allylic oxidation sites excluding steroid dienone is 2. The molecule has 2 aliphatic carbocycles. The fraction of sp³-hybridized carbons (Fsp3) is 0.553. The van der Waals surface area contributed by atoms with E-state index in [1.54, 1.807) is 23.2 Å². The minimum atomic E-state index is -0.879. The van der Waals surface area contributed by atoms with E-state index < -0.39 is 17.6 Å². The van der Waals surface area contributed by atoms with Crippen LogP contribution in [-0.2, 0) is 25.5 Å². The third-order valence-electron chi connectivity index (χ3n) is 12.7. The zero-order valence-electron chi connectivity index (χ0n) is 34.5. The average molecular weight is 811 g/mol. The highest BCUT2D eigenvalue weighted by Gasteiger charge is 2.61. The van der Waals surface area contributed by atoms with Crippen molar-refractivity contribution in [1.29, 1.82) is 0 Å². The lowest BCUT2D eigenvalue weighted by atomic mass is 9.90. The Morgan fingerprint density at radius 1 is 0.983 bits per heavy atom. The lowest BCUT2D eigenvalue weighted by Gasteiger charge is -2.29. The first kappa shape index (κ1) is 41.8. The van der Waals surface area contributed by atoms with Crippen molar-refractivity contribution in [2.75, 3.05) is 20.3 Å². The average Bonchev–Trinajstić information content (AvgIpc) is 3.83. The number of fused-ring (bicyclic) bond motifs is 3. The molecule has 1 amide bonds. The van der Waals surface area contributed by atoms with Crippen LogP contribution >= 0.6 is 11.3 Å². The van der Waals surface area contributed by atoms with Crippen LogP contribution in [0.4, 0.5) is 4.39 Å². The lowest BCUT2D eigenvalue weighted by Crippen LogP contribution is -2.45.